The Morgan fingerprint density at radius 1 is 1.38 bits per heavy atom. The summed E-state index contributed by atoms with van der Waals surface area (Å²) in [5.74, 6) is 2.14. The Bertz CT molecular complexity index is 287. The molecule has 0 saturated carbocycles. The van der Waals surface area contributed by atoms with Gasteiger partial charge < -0.3 is 0 Å². The van der Waals surface area contributed by atoms with Gasteiger partial charge in [0.15, 0.2) is 0 Å². The van der Waals surface area contributed by atoms with Crippen LogP contribution in [0.1, 0.15) is 16.6 Å². The number of halogens is 1. The Morgan fingerprint density at radius 2 is 2.15 bits per heavy atom. The summed E-state index contributed by atoms with van der Waals surface area (Å²) in [4.78, 5) is 3.95. The van der Waals surface area contributed by atoms with E-state index < -0.39 is 0 Å². The fourth-order valence-corrected chi connectivity index (χ4v) is 4.13. The number of hydrogen-bond acceptors (Lipinski definition) is 3. The highest BCUT2D eigenvalue weighted by molar-refractivity contribution is 8.16. The van der Waals surface area contributed by atoms with Crippen LogP contribution in [0.25, 0.3) is 0 Å². The Kier molecular flexibility index (Phi) is 3.11. The molecule has 1 aromatic heterocycles. The van der Waals surface area contributed by atoms with Gasteiger partial charge in [-0.2, -0.15) is 0 Å². The lowest BCUT2D eigenvalue weighted by Crippen LogP contribution is -2.02. The zero-order valence-corrected chi connectivity index (χ0v) is 8.71. The van der Waals surface area contributed by atoms with E-state index in [1.807, 2.05) is 23.5 Å². The standard InChI is InChI=1S/C9H10FNS2/c10-8-2-3-11-6-7(8)9-12-4-1-5-13-9/h2-3,6,9H,1,4-5H2. The molecule has 0 bridgehead atoms. The quantitative estimate of drug-likeness (QED) is 0.714. The van der Waals surface area contributed by atoms with Gasteiger partial charge in [-0.3, -0.25) is 4.98 Å². The molecule has 2 heterocycles. The Labute approximate surface area is 85.5 Å². The van der Waals surface area contributed by atoms with Crippen molar-refractivity contribution < 1.29 is 4.39 Å². The average Bonchev–Trinajstić information content (AvgIpc) is 2.20. The lowest BCUT2D eigenvalue weighted by molar-refractivity contribution is 0.613. The van der Waals surface area contributed by atoms with Crippen molar-refractivity contribution in [2.75, 3.05) is 11.5 Å². The van der Waals surface area contributed by atoms with Crippen molar-refractivity contribution in [3.8, 4) is 0 Å². The molecule has 0 aromatic carbocycles. The summed E-state index contributed by atoms with van der Waals surface area (Å²) in [6, 6.07) is 1.44. The second kappa shape index (κ2) is 4.33. The predicted octanol–water partition coefficient (Wildman–Crippen LogP) is 3.09. The molecule has 13 heavy (non-hydrogen) atoms. The molecular weight excluding hydrogens is 205 g/mol. The molecule has 70 valence electrons. The van der Waals surface area contributed by atoms with Gasteiger partial charge in [0.25, 0.3) is 0 Å². The maximum Gasteiger partial charge on any atom is 0.131 e. The van der Waals surface area contributed by atoms with Crippen LogP contribution in [0.3, 0.4) is 0 Å². The van der Waals surface area contributed by atoms with E-state index in [9.17, 15) is 4.39 Å². The lowest BCUT2D eigenvalue weighted by Gasteiger charge is -2.20. The van der Waals surface area contributed by atoms with Crippen molar-refractivity contribution in [2.24, 2.45) is 0 Å². The fraction of sp³-hybridized carbons (Fsp3) is 0.444. The minimum atomic E-state index is -0.123. The molecule has 1 nitrogen and oxygen atoms in total. The normalized spacial score (nSPS) is 18.8. The van der Waals surface area contributed by atoms with Crippen molar-refractivity contribution >= 4 is 23.5 Å². The fourth-order valence-electron chi connectivity index (χ4n) is 1.23. The number of hydrogen-bond donors (Lipinski definition) is 0. The van der Waals surface area contributed by atoms with Crippen LogP contribution in [-0.4, -0.2) is 16.5 Å². The molecule has 0 N–H and O–H groups in total. The first-order valence-corrected chi connectivity index (χ1v) is 6.30. The van der Waals surface area contributed by atoms with Crippen molar-refractivity contribution in [3.63, 3.8) is 0 Å². The van der Waals surface area contributed by atoms with E-state index in [-0.39, 0.29) is 10.4 Å². The molecule has 4 heteroatoms. The van der Waals surface area contributed by atoms with Gasteiger partial charge in [0, 0.05) is 18.0 Å². The van der Waals surface area contributed by atoms with Crippen molar-refractivity contribution in [1.29, 1.82) is 0 Å². The van der Waals surface area contributed by atoms with Gasteiger partial charge in [-0.05, 0) is 24.0 Å². The topological polar surface area (TPSA) is 12.9 Å². The minimum absolute atomic E-state index is 0.123. The summed E-state index contributed by atoms with van der Waals surface area (Å²) in [6.45, 7) is 0. The molecule has 1 fully saturated rings. The number of aromatic nitrogens is 1. The third kappa shape index (κ3) is 2.17. The van der Waals surface area contributed by atoms with Crippen LogP contribution >= 0.6 is 23.5 Å². The lowest BCUT2D eigenvalue weighted by atomic mass is 10.3. The number of pyridine rings is 1. The van der Waals surface area contributed by atoms with E-state index in [4.69, 9.17) is 0 Å². The highest BCUT2D eigenvalue weighted by atomic mass is 32.2. The molecule has 1 aromatic rings. The molecule has 1 aliphatic heterocycles. The van der Waals surface area contributed by atoms with E-state index >= 15 is 0 Å². The van der Waals surface area contributed by atoms with E-state index in [0.29, 0.717) is 0 Å². The average molecular weight is 215 g/mol. The van der Waals surface area contributed by atoms with Crippen LogP contribution in [0, 0.1) is 5.82 Å². The summed E-state index contributed by atoms with van der Waals surface area (Å²) >= 11 is 3.63. The Balaban J connectivity index is 2.18. The van der Waals surface area contributed by atoms with Crippen LogP contribution in [0.2, 0.25) is 0 Å². The molecule has 0 aliphatic carbocycles. The SMILES string of the molecule is Fc1ccncc1C1SCCCS1. The van der Waals surface area contributed by atoms with Gasteiger partial charge in [-0.15, -0.1) is 23.5 Å². The molecule has 1 saturated heterocycles. The third-order valence-electron chi connectivity index (χ3n) is 1.88. The smallest absolute Gasteiger partial charge is 0.131 e. The zero-order chi connectivity index (χ0) is 9.10. The third-order valence-corrected chi connectivity index (χ3v) is 4.86. The molecule has 0 atom stereocenters. The molecule has 0 amide bonds. The van der Waals surface area contributed by atoms with Crippen molar-refractivity contribution in [2.45, 2.75) is 11.0 Å². The second-order valence-corrected chi connectivity index (χ2v) is 5.55. The molecule has 0 spiro atoms. The molecule has 1 aliphatic rings. The first kappa shape index (κ1) is 9.34. The number of thioether (sulfide) groups is 2. The van der Waals surface area contributed by atoms with E-state index in [0.717, 1.165) is 17.1 Å². The highest BCUT2D eigenvalue weighted by Gasteiger charge is 2.19. The molecular formula is C9H10FNS2. The molecule has 0 unspecified atom stereocenters. The highest BCUT2D eigenvalue weighted by Crippen LogP contribution is 2.43. The van der Waals surface area contributed by atoms with Crippen LogP contribution in [0.4, 0.5) is 4.39 Å². The van der Waals surface area contributed by atoms with Gasteiger partial charge >= 0.3 is 0 Å². The van der Waals surface area contributed by atoms with Crippen molar-refractivity contribution in [1.82, 2.24) is 4.98 Å². The predicted molar refractivity (Wildman–Crippen MR) is 56.5 cm³/mol. The Hall–Kier alpha value is -0.220. The summed E-state index contributed by atoms with van der Waals surface area (Å²) in [7, 11) is 0. The summed E-state index contributed by atoms with van der Waals surface area (Å²) in [5.41, 5.74) is 0.747. The summed E-state index contributed by atoms with van der Waals surface area (Å²) in [5, 5.41) is 0. The summed E-state index contributed by atoms with van der Waals surface area (Å²) in [6.07, 6.45) is 4.37. The van der Waals surface area contributed by atoms with Crippen LogP contribution in [-0.2, 0) is 0 Å². The maximum atomic E-state index is 13.3. The maximum absolute atomic E-state index is 13.3. The monoisotopic (exact) mass is 215 g/mol. The van der Waals surface area contributed by atoms with Gasteiger partial charge in [0.05, 0.1) is 4.58 Å². The number of nitrogens with zero attached hydrogens (tertiary/aromatic N) is 1. The minimum Gasteiger partial charge on any atom is -0.264 e. The van der Waals surface area contributed by atoms with Crippen LogP contribution in [0.15, 0.2) is 18.5 Å². The van der Waals surface area contributed by atoms with Gasteiger partial charge in [-0.25, -0.2) is 4.39 Å². The van der Waals surface area contributed by atoms with E-state index in [1.54, 1.807) is 6.20 Å². The van der Waals surface area contributed by atoms with Gasteiger partial charge in [0.1, 0.15) is 5.82 Å². The van der Waals surface area contributed by atoms with Crippen molar-refractivity contribution in [3.05, 3.63) is 29.8 Å². The number of rotatable bonds is 1. The molecule has 2 rings (SSSR count). The van der Waals surface area contributed by atoms with Gasteiger partial charge in [-0.1, -0.05) is 0 Å². The first-order chi connectivity index (χ1) is 6.38. The van der Waals surface area contributed by atoms with E-state index in [2.05, 4.69) is 4.98 Å². The summed E-state index contributed by atoms with van der Waals surface area (Å²) < 4.78 is 13.6. The van der Waals surface area contributed by atoms with E-state index in [1.165, 1.54) is 18.7 Å². The van der Waals surface area contributed by atoms with Crippen LogP contribution < -0.4 is 0 Å². The largest absolute Gasteiger partial charge is 0.264 e. The first-order valence-electron chi connectivity index (χ1n) is 4.20. The van der Waals surface area contributed by atoms with Crippen LogP contribution in [0.5, 0.6) is 0 Å². The molecule has 0 radical (unpaired) electrons. The van der Waals surface area contributed by atoms with Gasteiger partial charge in [0.2, 0.25) is 0 Å². The second-order valence-electron chi connectivity index (χ2n) is 2.82. The zero-order valence-electron chi connectivity index (χ0n) is 7.07. The Morgan fingerprint density at radius 3 is 2.85 bits per heavy atom.